The lowest BCUT2D eigenvalue weighted by molar-refractivity contribution is 0.564. The van der Waals surface area contributed by atoms with Crippen LogP contribution in [0.2, 0.25) is 0 Å². The third kappa shape index (κ3) is 3.48. The van der Waals surface area contributed by atoms with Crippen LogP contribution in [0.15, 0.2) is 29.4 Å². The molecule has 0 saturated heterocycles. The van der Waals surface area contributed by atoms with Gasteiger partial charge in [0, 0.05) is 18.7 Å². The molecule has 0 aliphatic carbocycles. The molecule has 0 atom stereocenters. The monoisotopic (exact) mass is 343 g/mol. The lowest BCUT2D eigenvalue weighted by atomic mass is 10.1. The summed E-state index contributed by atoms with van der Waals surface area (Å²) in [5.74, 6) is 2.44. The van der Waals surface area contributed by atoms with Crippen molar-refractivity contribution in [3.63, 3.8) is 0 Å². The van der Waals surface area contributed by atoms with Crippen molar-refractivity contribution in [1.29, 1.82) is 0 Å². The first-order chi connectivity index (χ1) is 11.7. The van der Waals surface area contributed by atoms with Gasteiger partial charge in [-0.1, -0.05) is 42.4 Å². The van der Waals surface area contributed by atoms with E-state index in [0.717, 1.165) is 41.9 Å². The van der Waals surface area contributed by atoms with Crippen molar-refractivity contribution < 1.29 is 0 Å². The van der Waals surface area contributed by atoms with E-state index >= 15 is 0 Å². The Hall–Kier alpha value is -2.22. The van der Waals surface area contributed by atoms with Gasteiger partial charge in [0.15, 0.2) is 16.8 Å². The molecule has 0 bridgehead atoms. The molecule has 0 amide bonds. The van der Waals surface area contributed by atoms with E-state index in [-0.39, 0.29) is 0 Å². The minimum atomic E-state index is 0.680. The molecule has 0 fully saturated rings. The topological polar surface area (TPSA) is 74.3 Å². The van der Waals surface area contributed by atoms with E-state index in [1.54, 1.807) is 11.8 Å². The van der Waals surface area contributed by atoms with E-state index in [4.69, 9.17) is 0 Å². The molecule has 0 unspecified atom stereocenters. The molecule has 2 aromatic heterocycles. The first-order valence-electron chi connectivity index (χ1n) is 8.11. The van der Waals surface area contributed by atoms with Gasteiger partial charge in [-0.25, -0.2) is 4.68 Å². The molecule has 1 aromatic carbocycles. The smallest absolute Gasteiger partial charge is 0.191 e. The minimum Gasteiger partial charge on any atom is -0.302 e. The summed E-state index contributed by atoms with van der Waals surface area (Å²) in [7, 11) is 0. The van der Waals surface area contributed by atoms with Crippen molar-refractivity contribution in [1.82, 2.24) is 35.0 Å². The summed E-state index contributed by atoms with van der Waals surface area (Å²) in [5.41, 5.74) is 2.30. The average molecular weight is 343 g/mol. The Morgan fingerprint density at radius 3 is 2.75 bits per heavy atom. The predicted octanol–water partition coefficient (Wildman–Crippen LogP) is 2.96. The van der Waals surface area contributed by atoms with Gasteiger partial charge in [-0.15, -0.1) is 15.3 Å². The van der Waals surface area contributed by atoms with Crippen molar-refractivity contribution in [2.24, 2.45) is 0 Å². The van der Waals surface area contributed by atoms with Gasteiger partial charge in [-0.2, -0.15) is 0 Å². The minimum absolute atomic E-state index is 0.680. The Morgan fingerprint density at radius 2 is 2.00 bits per heavy atom. The van der Waals surface area contributed by atoms with Gasteiger partial charge >= 0.3 is 0 Å². The maximum Gasteiger partial charge on any atom is 0.191 e. The lowest BCUT2D eigenvalue weighted by Crippen LogP contribution is -2.05. The van der Waals surface area contributed by atoms with Gasteiger partial charge in [0.1, 0.15) is 0 Å². The van der Waals surface area contributed by atoms with E-state index in [1.165, 1.54) is 5.56 Å². The van der Waals surface area contributed by atoms with Crippen molar-refractivity contribution in [3.8, 4) is 11.4 Å². The Bertz CT molecular complexity index is 808. The molecule has 0 N–H and O–H groups in total. The summed E-state index contributed by atoms with van der Waals surface area (Å²) >= 11 is 1.62. The maximum absolute atomic E-state index is 4.39. The summed E-state index contributed by atoms with van der Waals surface area (Å²) in [5, 5.41) is 21.5. The Balaban J connectivity index is 1.81. The van der Waals surface area contributed by atoms with E-state index in [2.05, 4.69) is 69.3 Å². The van der Waals surface area contributed by atoms with Crippen LogP contribution >= 0.6 is 11.8 Å². The van der Waals surface area contributed by atoms with Crippen molar-refractivity contribution in [3.05, 3.63) is 35.7 Å². The van der Waals surface area contributed by atoms with Crippen LogP contribution in [0.4, 0.5) is 0 Å². The Labute approximate surface area is 145 Å². The molecule has 3 rings (SSSR count). The number of aromatic nitrogens is 7. The third-order valence-corrected chi connectivity index (χ3v) is 4.64. The van der Waals surface area contributed by atoms with Crippen LogP contribution in [0.25, 0.3) is 11.4 Å². The second kappa shape index (κ2) is 7.57. The summed E-state index contributed by atoms with van der Waals surface area (Å²) < 4.78 is 3.98. The fourth-order valence-corrected chi connectivity index (χ4v) is 3.45. The SMILES string of the molecule is CCCn1nnnc1CSc1nnc(-c2cccc(C)c2)n1CC. The molecule has 3 aromatic rings. The molecular formula is C16H21N7S. The molecule has 0 aliphatic heterocycles. The summed E-state index contributed by atoms with van der Waals surface area (Å²) in [6.45, 7) is 7.95. The Morgan fingerprint density at radius 1 is 1.12 bits per heavy atom. The highest BCUT2D eigenvalue weighted by molar-refractivity contribution is 7.98. The standard InChI is InChI=1S/C16H21N7S/c1-4-9-23-14(17-20-21-23)11-24-16-19-18-15(22(16)5-2)13-8-6-7-12(3)10-13/h6-8,10H,4-5,9,11H2,1-3H3. The van der Waals surface area contributed by atoms with Gasteiger partial charge in [-0.05, 0) is 36.8 Å². The molecule has 0 radical (unpaired) electrons. The van der Waals surface area contributed by atoms with E-state index in [1.807, 2.05) is 10.7 Å². The van der Waals surface area contributed by atoms with E-state index in [0.29, 0.717) is 5.75 Å². The first kappa shape index (κ1) is 16.6. The van der Waals surface area contributed by atoms with Crippen LogP contribution in [-0.2, 0) is 18.8 Å². The number of hydrogen-bond acceptors (Lipinski definition) is 6. The zero-order chi connectivity index (χ0) is 16.9. The molecule has 0 spiro atoms. The zero-order valence-electron chi connectivity index (χ0n) is 14.2. The van der Waals surface area contributed by atoms with Crippen LogP contribution in [0.3, 0.4) is 0 Å². The molecule has 0 saturated carbocycles. The van der Waals surface area contributed by atoms with Crippen molar-refractivity contribution >= 4 is 11.8 Å². The van der Waals surface area contributed by atoms with Gasteiger partial charge in [0.05, 0.1) is 5.75 Å². The van der Waals surface area contributed by atoms with E-state index < -0.39 is 0 Å². The molecule has 2 heterocycles. The van der Waals surface area contributed by atoms with Crippen LogP contribution < -0.4 is 0 Å². The lowest BCUT2D eigenvalue weighted by Gasteiger charge is -2.08. The molecule has 7 nitrogen and oxygen atoms in total. The highest BCUT2D eigenvalue weighted by atomic mass is 32.2. The number of benzene rings is 1. The number of thioether (sulfide) groups is 1. The number of nitrogens with zero attached hydrogens (tertiary/aromatic N) is 7. The largest absolute Gasteiger partial charge is 0.302 e. The number of rotatable bonds is 7. The number of tetrazole rings is 1. The third-order valence-electron chi connectivity index (χ3n) is 3.68. The fourth-order valence-electron chi connectivity index (χ4n) is 2.52. The molecule has 0 aliphatic rings. The molecular weight excluding hydrogens is 322 g/mol. The van der Waals surface area contributed by atoms with Gasteiger partial charge in [0.2, 0.25) is 0 Å². The maximum atomic E-state index is 4.39. The molecule has 126 valence electrons. The molecule has 24 heavy (non-hydrogen) atoms. The summed E-state index contributed by atoms with van der Waals surface area (Å²) in [6, 6.07) is 8.33. The van der Waals surface area contributed by atoms with Gasteiger partial charge in [0.25, 0.3) is 0 Å². The normalized spacial score (nSPS) is 11.1. The van der Waals surface area contributed by atoms with Crippen LogP contribution in [0, 0.1) is 6.92 Å². The highest BCUT2D eigenvalue weighted by Gasteiger charge is 2.15. The van der Waals surface area contributed by atoms with Crippen molar-refractivity contribution in [2.45, 2.75) is 51.2 Å². The second-order valence-corrected chi connectivity index (χ2v) is 6.47. The van der Waals surface area contributed by atoms with Gasteiger partial charge < -0.3 is 4.57 Å². The zero-order valence-corrected chi connectivity index (χ0v) is 15.0. The second-order valence-electron chi connectivity index (χ2n) is 5.53. The number of aryl methyl sites for hydroxylation is 2. The first-order valence-corrected chi connectivity index (χ1v) is 9.09. The van der Waals surface area contributed by atoms with Crippen LogP contribution in [0.5, 0.6) is 0 Å². The van der Waals surface area contributed by atoms with Gasteiger partial charge in [-0.3, -0.25) is 0 Å². The predicted molar refractivity (Wildman–Crippen MR) is 93.5 cm³/mol. The fraction of sp³-hybridized carbons (Fsp3) is 0.438. The quantitative estimate of drug-likeness (QED) is 0.614. The molecule has 8 heteroatoms. The Kier molecular flexibility index (Phi) is 5.24. The van der Waals surface area contributed by atoms with Crippen molar-refractivity contribution in [2.75, 3.05) is 0 Å². The summed E-state index contributed by atoms with van der Waals surface area (Å²) in [6.07, 6.45) is 1.01. The highest BCUT2D eigenvalue weighted by Crippen LogP contribution is 2.26. The average Bonchev–Trinajstić information content (AvgIpc) is 3.19. The summed E-state index contributed by atoms with van der Waals surface area (Å²) in [4.78, 5) is 0. The van der Waals surface area contributed by atoms with E-state index in [9.17, 15) is 0 Å². The number of hydrogen-bond donors (Lipinski definition) is 0. The van der Waals surface area contributed by atoms with Crippen LogP contribution in [-0.4, -0.2) is 35.0 Å². The van der Waals surface area contributed by atoms with Crippen LogP contribution in [0.1, 0.15) is 31.7 Å².